The first-order valence-corrected chi connectivity index (χ1v) is 8.59. The predicted octanol–water partition coefficient (Wildman–Crippen LogP) is 3.41. The number of hydrogen-bond donors (Lipinski definition) is 0. The Kier molecular flexibility index (Phi) is 6.56. The molecule has 136 valence electrons. The zero-order valence-corrected chi connectivity index (χ0v) is 15.6. The van der Waals surface area contributed by atoms with Gasteiger partial charge in [-0.15, -0.1) is 0 Å². The molecule has 0 radical (unpaired) electrons. The van der Waals surface area contributed by atoms with Gasteiger partial charge in [0.1, 0.15) is 11.6 Å². The smallest absolute Gasteiger partial charge is 0.289 e. The number of nitrogens with zero attached hydrogens (tertiary/aromatic N) is 3. The maximum absolute atomic E-state index is 12.4. The van der Waals surface area contributed by atoms with Crippen LogP contribution in [0.5, 0.6) is 11.5 Å². The number of nitriles is 1. The number of ether oxygens (including phenoxy) is 2. The van der Waals surface area contributed by atoms with Gasteiger partial charge in [-0.1, -0.05) is 6.92 Å². The van der Waals surface area contributed by atoms with E-state index in [-0.39, 0.29) is 5.56 Å². The average molecular weight is 353 g/mol. The molecule has 6 heteroatoms. The van der Waals surface area contributed by atoms with Gasteiger partial charge in [-0.3, -0.25) is 4.79 Å². The maximum atomic E-state index is 12.4. The van der Waals surface area contributed by atoms with Crippen LogP contribution in [-0.4, -0.2) is 24.1 Å². The molecule has 0 atom stereocenters. The Labute approximate surface area is 153 Å². The number of rotatable bonds is 7. The zero-order valence-electron chi connectivity index (χ0n) is 15.6. The molecular formula is C20H23N3O3. The fraction of sp³-hybridized carbons (Fsp3) is 0.350. The number of benzene rings is 1. The summed E-state index contributed by atoms with van der Waals surface area (Å²) in [6.45, 7) is 8.60. The fourth-order valence-corrected chi connectivity index (χ4v) is 2.49. The van der Waals surface area contributed by atoms with Crippen LogP contribution in [0.2, 0.25) is 0 Å². The third-order valence-electron chi connectivity index (χ3n) is 3.72. The topological polar surface area (TPSA) is 76.6 Å². The fourth-order valence-electron chi connectivity index (χ4n) is 2.49. The molecular weight excluding hydrogens is 330 g/mol. The highest BCUT2D eigenvalue weighted by molar-refractivity contribution is 5.80. The van der Waals surface area contributed by atoms with Crippen molar-refractivity contribution in [2.45, 2.75) is 34.1 Å². The molecule has 0 spiro atoms. The van der Waals surface area contributed by atoms with Gasteiger partial charge >= 0.3 is 0 Å². The van der Waals surface area contributed by atoms with E-state index >= 15 is 0 Å². The van der Waals surface area contributed by atoms with Gasteiger partial charge in [0.2, 0.25) is 0 Å². The molecule has 1 aromatic heterocycles. The first-order chi connectivity index (χ1) is 12.5. The highest BCUT2D eigenvalue weighted by atomic mass is 16.5. The van der Waals surface area contributed by atoms with Gasteiger partial charge in [-0.05, 0) is 62.6 Å². The van der Waals surface area contributed by atoms with Crippen LogP contribution in [0.3, 0.4) is 0 Å². The molecule has 6 nitrogen and oxygen atoms in total. The third kappa shape index (κ3) is 4.31. The van der Waals surface area contributed by atoms with E-state index in [0.717, 1.165) is 12.0 Å². The molecule has 0 bridgehead atoms. The lowest BCUT2D eigenvalue weighted by atomic mass is 10.1. The second kappa shape index (κ2) is 8.86. The van der Waals surface area contributed by atoms with E-state index in [1.807, 2.05) is 38.1 Å². The summed E-state index contributed by atoms with van der Waals surface area (Å²) in [5, 5.41) is 13.4. The first-order valence-electron chi connectivity index (χ1n) is 8.59. The maximum Gasteiger partial charge on any atom is 0.289 e. The van der Waals surface area contributed by atoms with Crippen molar-refractivity contribution in [2.75, 3.05) is 13.2 Å². The van der Waals surface area contributed by atoms with Gasteiger partial charge in [0.15, 0.2) is 11.5 Å². The van der Waals surface area contributed by atoms with Gasteiger partial charge in [0.25, 0.3) is 5.56 Å². The van der Waals surface area contributed by atoms with Crippen LogP contribution < -0.4 is 15.0 Å². The van der Waals surface area contributed by atoms with Crippen LogP contribution in [0, 0.1) is 25.2 Å². The van der Waals surface area contributed by atoms with E-state index in [1.54, 1.807) is 26.1 Å². The molecule has 2 rings (SSSR count). The average Bonchev–Trinajstić information content (AvgIpc) is 2.61. The van der Waals surface area contributed by atoms with Gasteiger partial charge in [0.05, 0.1) is 19.4 Å². The van der Waals surface area contributed by atoms with Gasteiger partial charge < -0.3 is 9.47 Å². The van der Waals surface area contributed by atoms with Crippen LogP contribution in [0.4, 0.5) is 0 Å². The van der Waals surface area contributed by atoms with Gasteiger partial charge in [0, 0.05) is 5.69 Å². The summed E-state index contributed by atoms with van der Waals surface area (Å²) in [6.07, 6.45) is 2.47. The Morgan fingerprint density at radius 2 is 1.96 bits per heavy atom. The van der Waals surface area contributed by atoms with E-state index in [0.29, 0.717) is 36.0 Å². The third-order valence-corrected chi connectivity index (χ3v) is 3.72. The molecule has 1 heterocycles. The second-order valence-electron chi connectivity index (χ2n) is 5.80. The number of aromatic nitrogens is 1. The molecule has 0 aliphatic rings. The molecule has 0 saturated carbocycles. The summed E-state index contributed by atoms with van der Waals surface area (Å²) < 4.78 is 12.5. The summed E-state index contributed by atoms with van der Waals surface area (Å²) >= 11 is 0. The van der Waals surface area contributed by atoms with Crippen molar-refractivity contribution in [3.63, 3.8) is 0 Å². The Morgan fingerprint density at radius 3 is 2.62 bits per heavy atom. The number of hydrogen-bond acceptors (Lipinski definition) is 5. The normalized spacial score (nSPS) is 10.7. The van der Waals surface area contributed by atoms with Crippen molar-refractivity contribution < 1.29 is 9.47 Å². The van der Waals surface area contributed by atoms with Crippen molar-refractivity contribution in [2.24, 2.45) is 5.10 Å². The monoisotopic (exact) mass is 353 g/mol. The van der Waals surface area contributed by atoms with Crippen LogP contribution in [0.15, 0.2) is 34.2 Å². The lowest BCUT2D eigenvalue weighted by Crippen LogP contribution is -2.22. The quantitative estimate of drug-likeness (QED) is 0.715. The highest BCUT2D eigenvalue weighted by Crippen LogP contribution is 2.28. The summed E-state index contributed by atoms with van der Waals surface area (Å²) in [4.78, 5) is 12.4. The minimum absolute atomic E-state index is 0.103. The Hall–Kier alpha value is -3.07. The molecule has 1 aromatic carbocycles. The van der Waals surface area contributed by atoms with E-state index < -0.39 is 5.56 Å². The molecule has 0 saturated heterocycles. The zero-order chi connectivity index (χ0) is 19.1. The van der Waals surface area contributed by atoms with Crippen molar-refractivity contribution in [3.05, 3.63) is 57.0 Å². The molecule has 0 amide bonds. The molecule has 0 unspecified atom stereocenters. The SMILES string of the molecule is CCCOc1ccc(/C=N\n2c(C)cc(C)c(C#N)c2=O)cc1OCC. The molecule has 0 aliphatic carbocycles. The Morgan fingerprint density at radius 1 is 1.19 bits per heavy atom. The van der Waals surface area contributed by atoms with E-state index in [4.69, 9.17) is 14.7 Å². The van der Waals surface area contributed by atoms with Crippen LogP contribution in [0.25, 0.3) is 0 Å². The lowest BCUT2D eigenvalue weighted by molar-refractivity contribution is 0.277. The molecule has 0 fully saturated rings. The van der Waals surface area contributed by atoms with Crippen molar-refractivity contribution in [1.29, 1.82) is 5.26 Å². The lowest BCUT2D eigenvalue weighted by Gasteiger charge is -2.12. The van der Waals surface area contributed by atoms with Gasteiger partial charge in [-0.25, -0.2) is 4.68 Å². The summed E-state index contributed by atoms with van der Waals surface area (Å²) in [7, 11) is 0. The highest BCUT2D eigenvalue weighted by Gasteiger charge is 2.09. The number of aryl methyl sites for hydroxylation is 2. The minimum atomic E-state index is -0.422. The summed E-state index contributed by atoms with van der Waals surface area (Å²) in [6, 6.07) is 9.20. The van der Waals surface area contributed by atoms with E-state index in [1.165, 1.54) is 4.68 Å². The second-order valence-corrected chi connectivity index (χ2v) is 5.80. The molecule has 26 heavy (non-hydrogen) atoms. The minimum Gasteiger partial charge on any atom is -0.490 e. The Balaban J connectivity index is 2.38. The summed E-state index contributed by atoms with van der Waals surface area (Å²) in [5.74, 6) is 1.32. The van der Waals surface area contributed by atoms with E-state index in [9.17, 15) is 4.79 Å². The van der Waals surface area contributed by atoms with Crippen molar-refractivity contribution in [3.8, 4) is 17.6 Å². The molecule has 2 aromatic rings. The molecule has 0 aliphatic heterocycles. The van der Waals surface area contributed by atoms with Crippen LogP contribution >= 0.6 is 0 Å². The van der Waals surface area contributed by atoms with Crippen molar-refractivity contribution in [1.82, 2.24) is 4.68 Å². The summed E-state index contributed by atoms with van der Waals surface area (Å²) in [5.41, 5.74) is 1.76. The Bertz CT molecular complexity index is 908. The number of pyridine rings is 1. The largest absolute Gasteiger partial charge is 0.490 e. The van der Waals surface area contributed by atoms with Crippen LogP contribution in [0.1, 0.15) is 42.7 Å². The van der Waals surface area contributed by atoms with Crippen molar-refractivity contribution >= 4 is 6.21 Å². The predicted molar refractivity (Wildman–Crippen MR) is 101 cm³/mol. The van der Waals surface area contributed by atoms with E-state index in [2.05, 4.69) is 5.10 Å². The van der Waals surface area contributed by atoms with Gasteiger partial charge in [-0.2, -0.15) is 10.4 Å². The van der Waals surface area contributed by atoms with Crippen LogP contribution in [-0.2, 0) is 0 Å². The standard InChI is InChI=1S/C20H23N3O3/c1-5-9-26-18-8-7-16(11-19(18)25-6-2)13-22-23-15(4)10-14(3)17(12-21)20(23)24/h7-8,10-11,13H,5-6,9H2,1-4H3/b22-13-. The first kappa shape index (κ1) is 19.3. The molecule has 0 N–H and O–H groups in total.